The number of nitrogens with one attached hydrogen (secondary N) is 1. The highest BCUT2D eigenvalue weighted by atomic mass is 16.6. The van der Waals surface area contributed by atoms with E-state index in [1.54, 1.807) is 6.92 Å². The summed E-state index contributed by atoms with van der Waals surface area (Å²) in [5.41, 5.74) is 1.16. The summed E-state index contributed by atoms with van der Waals surface area (Å²) >= 11 is 0. The number of carbonyl (C=O) groups is 2. The number of aryl methyl sites for hydroxylation is 1. The Kier molecular flexibility index (Phi) is 3.27. The van der Waals surface area contributed by atoms with Gasteiger partial charge in [0.15, 0.2) is 0 Å². The number of fused-ring (bicyclic) bond motifs is 1. The molecular formula is C13H13N3O4. The first-order valence-corrected chi connectivity index (χ1v) is 5.85. The second kappa shape index (κ2) is 4.76. The van der Waals surface area contributed by atoms with Crippen LogP contribution in [0.1, 0.15) is 16.1 Å². The number of carbonyl (C=O) groups excluding carboxylic acids is 2. The summed E-state index contributed by atoms with van der Waals surface area (Å²) in [4.78, 5) is 38.4. The third kappa shape index (κ3) is 2.13. The first-order chi connectivity index (χ1) is 9.32. The number of aromatic nitrogens is 1. The van der Waals surface area contributed by atoms with Gasteiger partial charge in [-0.3, -0.25) is 19.7 Å². The third-order valence-electron chi connectivity index (χ3n) is 3.01. The molecule has 0 aliphatic rings. The fourth-order valence-corrected chi connectivity index (χ4v) is 2.03. The highest BCUT2D eigenvalue weighted by Crippen LogP contribution is 2.27. The van der Waals surface area contributed by atoms with Gasteiger partial charge >= 0.3 is 0 Å². The van der Waals surface area contributed by atoms with Crippen molar-refractivity contribution in [2.45, 2.75) is 6.92 Å². The summed E-state index contributed by atoms with van der Waals surface area (Å²) in [6, 6.07) is 4.17. The number of hydrogen-bond acceptors (Lipinski definition) is 4. The molecule has 0 fully saturated rings. The Hall–Kier alpha value is -2.70. The second-order valence-electron chi connectivity index (χ2n) is 4.64. The SMILES string of the molecule is Cc1[nH]c2ccc([N+](=O)[O-])cc2c1C(=O)C(=O)N(C)C. The van der Waals surface area contributed by atoms with Gasteiger partial charge in [0.1, 0.15) is 0 Å². The van der Waals surface area contributed by atoms with Crippen LogP contribution in [0.2, 0.25) is 0 Å². The number of nitro groups is 1. The number of aromatic amines is 1. The number of nitrogens with zero attached hydrogens (tertiary/aromatic N) is 2. The lowest BCUT2D eigenvalue weighted by atomic mass is 10.1. The smallest absolute Gasteiger partial charge is 0.294 e. The number of amides is 1. The van der Waals surface area contributed by atoms with Gasteiger partial charge in [-0.25, -0.2) is 0 Å². The lowest BCUT2D eigenvalue weighted by Gasteiger charge is -2.08. The number of likely N-dealkylation sites (N-methyl/N-ethyl adjacent to an activating group) is 1. The van der Waals surface area contributed by atoms with Crippen molar-refractivity contribution in [2.75, 3.05) is 14.1 Å². The highest BCUT2D eigenvalue weighted by molar-refractivity contribution is 6.45. The zero-order valence-corrected chi connectivity index (χ0v) is 11.3. The first kappa shape index (κ1) is 13.7. The summed E-state index contributed by atoms with van der Waals surface area (Å²) in [6.07, 6.45) is 0. The Morgan fingerprint density at radius 1 is 1.30 bits per heavy atom. The molecule has 104 valence electrons. The van der Waals surface area contributed by atoms with Gasteiger partial charge in [0.2, 0.25) is 0 Å². The van der Waals surface area contributed by atoms with Gasteiger partial charge in [-0.2, -0.15) is 0 Å². The largest absolute Gasteiger partial charge is 0.358 e. The number of H-pyrrole nitrogens is 1. The molecule has 0 atom stereocenters. The molecule has 0 aliphatic carbocycles. The molecule has 0 aliphatic heterocycles. The predicted molar refractivity (Wildman–Crippen MR) is 72.7 cm³/mol. The molecule has 0 saturated carbocycles. The average Bonchev–Trinajstić information content (AvgIpc) is 2.71. The van der Waals surface area contributed by atoms with E-state index in [1.807, 2.05) is 0 Å². The standard InChI is InChI=1S/C13H13N3O4/c1-7-11(12(17)13(18)15(2)3)9-6-8(16(19)20)4-5-10(9)14-7/h4-6,14H,1-3H3. The van der Waals surface area contributed by atoms with Crippen molar-refractivity contribution in [2.24, 2.45) is 0 Å². The van der Waals surface area contributed by atoms with Crippen molar-refractivity contribution in [3.05, 3.63) is 39.6 Å². The van der Waals surface area contributed by atoms with Gasteiger partial charge in [-0.05, 0) is 13.0 Å². The summed E-state index contributed by atoms with van der Waals surface area (Å²) in [5.74, 6) is -1.35. The Morgan fingerprint density at radius 3 is 2.50 bits per heavy atom. The van der Waals surface area contributed by atoms with Crippen LogP contribution in [0.25, 0.3) is 10.9 Å². The monoisotopic (exact) mass is 275 g/mol. The molecule has 0 spiro atoms. The van der Waals surface area contributed by atoms with Crippen molar-refractivity contribution in [3.8, 4) is 0 Å². The molecule has 1 heterocycles. The van der Waals surface area contributed by atoms with Crippen LogP contribution >= 0.6 is 0 Å². The van der Waals surface area contributed by atoms with Crippen LogP contribution in [0.15, 0.2) is 18.2 Å². The predicted octanol–water partition coefficient (Wildman–Crippen LogP) is 1.66. The number of hydrogen-bond donors (Lipinski definition) is 1. The number of ketones is 1. The zero-order valence-electron chi connectivity index (χ0n) is 11.3. The highest BCUT2D eigenvalue weighted by Gasteiger charge is 2.25. The maximum Gasteiger partial charge on any atom is 0.294 e. The minimum absolute atomic E-state index is 0.122. The number of Topliss-reactive ketones (excluding diaryl/α,β-unsaturated/α-hetero) is 1. The van der Waals surface area contributed by atoms with E-state index < -0.39 is 16.6 Å². The first-order valence-electron chi connectivity index (χ1n) is 5.85. The van der Waals surface area contributed by atoms with Gasteiger partial charge in [0.25, 0.3) is 17.4 Å². The molecule has 1 N–H and O–H groups in total. The van der Waals surface area contributed by atoms with Crippen LogP contribution < -0.4 is 0 Å². The fraction of sp³-hybridized carbons (Fsp3) is 0.231. The average molecular weight is 275 g/mol. The molecule has 1 aromatic heterocycles. The van der Waals surface area contributed by atoms with E-state index in [2.05, 4.69) is 4.98 Å². The molecule has 7 heteroatoms. The molecule has 1 amide bonds. The Balaban J connectivity index is 2.66. The number of rotatable bonds is 3. The Morgan fingerprint density at radius 2 is 1.95 bits per heavy atom. The normalized spacial score (nSPS) is 10.6. The summed E-state index contributed by atoms with van der Waals surface area (Å²) < 4.78 is 0. The molecule has 7 nitrogen and oxygen atoms in total. The number of nitro benzene ring substituents is 1. The van der Waals surface area contributed by atoms with E-state index in [1.165, 1.54) is 37.2 Å². The van der Waals surface area contributed by atoms with Crippen LogP contribution in [-0.4, -0.2) is 40.6 Å². The Bertz CT molecular complexity index is 731. The van der Waals surface area contributed by atoms with Crippen molar-refractivity contribution in [1.29, 1.82) is 0 Å². The van der Waals surface area contributed by atoms with Crippen LogP contribution in [0.5, 0.6) is 0 Å². The van der Waals surface area contributed by atoms with Crippen molar-refractivity contribution in [3.63, 3.8) is 0 Å². The van der Waals surface area contributed by atoms with Gasteiger partial charge < -0.3 is 9.88 Å². The summed E-state index contributed by atoms with van der Waals surface area (Å²) in [5, 5.41) is 11.2. The van der Waals surface area contributed by atoms with Gasteiger partial charge in [0, 0.05) is 42.8 Å². The van der Waals surface area contributed by atoms with Gasteiger partial charge in [0.05, 0.1) is 10.5 Å². The van der Waals surface area contributed by atoms with Crippen molar-refractivity contribution >= 4 is 28.3 Å². The second-order valence-corrected chi connectivity index (χ2v) is 4.64. The molecule has 0 radical (unpaired) electrons. The number of benzene rings is 1. The van der Waals surface area contributed by atoms with E-state index in [9.17, 15) is 19.7 Å². The molecule has 20 heavy (non-hydrogen) atoms. The lowest BCUT2D eigenvalue weighted by molar-refractivity contribution is -0.384. The molecule has 0 bridgehead atoms. The van der Waals surface area contributed by atoms with Crippen molar-refractivity contribution in [1.82, 2.24) is 9.88 Å². The third-order valence-corrected chi connectivity index (χ3v) is 3.01. The van der Waals surface area contributed by atoms with Crippen LogP contribution in [0, 0.1) is 17.0 Å². The lowest BCUT2D eigenvalue weighted by Crippen LogP contribution is -2.30. The molecule has 2 aromatic rings. The molecule has 0 unspecified atom stereocenters. The van der Waals surface area contributed by atoms with Crippen LogP contribution in [0.4, 0.5) is 5.69 Å². The van der Waals surface area contributed by atoms with E-state index in [4.69, 9.17) is 0 Å². The molecular weight excluding hydrogens is 262 g/mol. The summed E-state index contributed by atoms with van der Waals surface area (Å²) in [6.45, 7) is 1.65. The van der Waals surface area contributed by atoms with Crippen molar-refractivity contribution < 1.29 is 14.5 Å². The maximum atomic E-state index is 12.2. The van der Waals surface area contributed by atoms with Crippen LogP contribution in [0.3, 0.4) is 0 Å². The quantitative estimate of drug-likeness (QED) is 0.398. The van der Waals surface area contributed by atoms with E-state index >= 15 is 0 Å². The maximum absolute atomic E-state index is 12.2. The van der Waals surface area contributed by atoms with Gasteiger partial charge in [-0.1, -0.05) is 0 Å². The summed E-state index contributed by atoms with van der Waals surface area (Å²) in [7, 11) is 2.96. The van der Waals surface area contributed by atoms with E-state index in [0.29, 0.717) is 16.6 Å². The molecule has 1 aromatic carbocycles. The topological polar surface area (TPSA) is 96.3 Å². The molecule has 2 rings (SSSR count). The van der Waals surface area contributed by atoms with E-state index in [0.717, 1.165) is 0 Å². The minimum Gasteiger partial charge on any atom is -0.358 e. The molecule has 0 saturated heterocycles. The van der Waals surface area contributed by atoms with Gasteiger partial charge in [-0.15, -0.1) is 0 Å². The fourth-order valence-electron chi connectivity index (χ4n) is 2.03. The minimum atomic E-state index is -0.681. The van der Waals surface area contributed by atoms with Crippen LogP contribution in [-0.2, 0) is 4.79 Å². The zero-order chi connectivity index (χ0) is 15.0. The van der Waals surface area contributed by atoms with E-state index in [-0.39, 0.29) is 11.3 Å². The Labute approximate surface area is 114 Å². The number of non-ortho nitro benzene ring substituents is 1.